The highest BCUT2D eigenvalue weighted by Gasteiger charge is 2.40. The molecule has 0 spiro atoms. The Balaban J connectivity index is 1.99. The minimum Gasteiger partial charge on any atom is -0.481 e. The number of aliphatic carboxylic acids is 1. The lowest BCUT2D eigenvalue weighted by Crippen LogP contribution is -2.35. The van der Waals surface area contributed by atoms with Crippen molar-refractivity contribution < 1.29 is 9.90 Å². The molecule has 0 aromatic carbocycles. The van der Waals surface area contributed by atoms with Gasteiger partial charge in [0.05, 0.1) is 5.41 Å². The number of rotatable bonds is 5. The summed E-state index contributed by atoms with van der Waals surface area (Å²) in [7, 11) is 0. The highest BCUT2D eigenvalue weighted by atomic mass is 16.4. The Morgan fingerprint density at radius 3 is 2.53 bits per heavy atom. The van der Waals surface area contributed by atoms with Gasteiger partial charge in [0, 0.05) is 12.4 Å². The van der Waals surface area contributed by atoms with Gasteiger partial charge in [0.15, 0.2) is 0 Å². The molecular weight excluding hydrogens is 238 g/mol. The predicted octanol–water partition coefficient (Wildman–Crippen LogP) is 3.69. The minimum atomic E-state index is -0.601. The van der Waals surface area contributed by atoms with Crippen LogP contribution >= 0.6 is 0 Å². The highest BCUT2D eigenvalue weighted by Crippen LogP contribution is 2.43. The molecule has 1 saturated carbocycles. The number of carbonyl (C=O) groups is 1. The van der Waals surface area contributed by atoms with Crippen LogP contribution in [0.2, 0.25) is 0 Å². The first kappa shape index (κ1) is 14.0. The lowest BCUT2D eigenvalue weighted by Gasteiger charge is -2.36. The van der Waals surface area contributed by atoms with E-state index in [4.69, 9.17) is 0 Å². The van der Waals surface area contributed by atoms with E-state index in [0.717, 1.165) is 44.4 Å². The van der Waals surface area contributed by atoms with E-state index < -0.39 is 11.4 Å². The molecule has 1 aromatic heterocycles. The summed E-state index contributed by atoms with van der Waals surface area (Å²) in [6, 6.07) is 3.96. The van der Waals surface area contributed by atoms with Gasteiger partial charge in [-0.2, -0.15) is 0 Å². The fraction of sp³-hybridized carbons (Fsp3) is 0.625. The summed E-state index contributed by atoms with van der Waals surface area (Å²) in [4.78, 5) is 15.7. The fourth-order valence-electron chi connectivity index (χ4n) is 3.14. The maximum atomic E-state index is 11.7. The first-order chi connectivity index (χ1) is 9.16. The normalized spacial score (nSPS) is 27.1. The smallest absolute Gasteiger partial charge is 0.309 e. The third kappa shape index (κ3) is 3.34. The number of nitrogens with zero attached hydrogens (tertiary/aromatic N) is 1. The Morgan fingerprint density at radius 2 is 2.00 bits per heavy atom. The Labute approximate surface area is 115 Å². The first-order valence-electron chi connectivity index (χ1n) is 7.28. The predicted molar refractivity (Wildman–Crippen MR) is 74.9 cm³/mol. The van der Waals surface area contributed by atoms with E-state index in [-0.39, 0.29) is 0 Å². The summed E-state index contributed by atoms with van der Waals surface area (Å²) in [5.41, 5.74) is 0.697. The van der Waals surface area contributed by atoms with E-state index >= 15 is 0 Å². The van der Waals surface area contributed by atoms with E-state index in [1.807, 2.05) is 12.1 Å². The van der Waals surface area contributed by atoms with Crippen molar-refractivity contribution in [2.45, 2.75) is 51.9 Å². The molecule has 1 aliphatic carbocycles. The summed E-state index contributed by atoms with van der Waals surface area (Å²) in [5.74, 6) is 0.129. The summed E-state index contributed by atoms with van der Waals surface area (Å²) < 4.78 is 0. The van der Waals surface area contributed by atoms with Crippen molar-refractivity contribution in [1.82, 2.24) is 4.98 Å². The number of hydrogen-bond acceptors (Lipinski definition) is 2. The van der Waals surface area contributed by atoms with Crippen LogP contribution in [0.15, 0.2) is 24.5 Å². The standard InChI is InChI=1S/C16H23NO2/c1-2-13-3-8-16(9-4-13,15(18)19)10-5-14-6-11-17-12-7-14/h6-7,11-13H,2-5,8-10H2,1H3,(H,18,19). The largest absolute Gasteiger partial charge is 0.481 e. The maximum Gasteiger partial charge on any atom is 0.309 e. The van der Waals surface area contributed by atoms with Gasteiger partial charge in [0.25, 0.3) is 0 Å². The van der Waals surface area contributed by atoms with Crippen molar-refractivity contribution in [3.63, 3.8) is 0 Å². The average Bonchev–Trinajstić information content (AvgIpc) is 2.46. The second kappa shape index (κ2) is 6.18. The van der Waals surface area contributed by atoms with Crippen molar-refractivity contribution in [3.05, 3.63) is 30.1 Å². The van der Waals surface area contributed by atoms with Gasteiger partial charge >= 0.3 is 5.97 Å². The molecule has 0 saturated heterocycles. The lowest BCUT2D eigenvalue weighted by molar-refractivity contribution is -0.152. The second-order valence-electron chi connectivity index (χ2n) is 5.79. The molecular formula is C16H23NO2. The van der Waals surface area contributed by atoms with Gasteiger partial charge in [0.1, 0.15) is 0 Å². The SMILES string of the molecule is CCC1CCC(CCc2ccncc2)(C(=O)O)CC1. The molecule has 0 unspecified atom stereocenters. The summed E-state index contributed by atoms with van der Waals surface area (Å²) >= 11 is 0. The number of carboxylic acid groups (broad SMARTS) is 1. The van der Waals surface area contributed by atoms with E-state index in [9.17, 15) is 9.90 Å². The van der Waals surface area contributed by atoms with Crippen LogP contribution in [0.25, 0.3) is 0 Å². The highest BCUT2D eigenvalue weighted by molar-refractivity contribution is 5.74. The molecule has 0 radical (unpaired) electrons. The number of aryl methyl sites for hydroxylation is 1. The van der Waals surface area contributed by atoms with Gasteiger partial charge in [0.2, 0.25) is 0 Å². The molecule has 0 aliphatic heterocycles. The zero-order chi connectivity index (χ0) is 13.7. The molecule has 1 N–H and O–H groups in total. The van der Waals surface area contributed by atoms with E-state index in [0.29, 0.717) is 0 Å². The van der Waals surface area contributed by atoms with Gasteiger partial charge < -0.3 is 5.11 Å². The third-order valence-electron chi connectivity index (χ3n) is 4.73. The molecule has 2 rings (SSSR count). The van der Waals surface area contributed by atoms with Gasteiger partial charge in [-0.25, -0.2) is 0 Å². The molecule has 1 aliphatic rings. The van der Waals surface area contributed by atoms with Crippen molar-refractivity contribution in [3.8, 4) is 0 Å². The Bertz CT molecular complexity index is 408. The number of carboxylic acids is 1. The molecule has 1 fully saturated rings. The fourth-order valence-corrected chi connectivity index (χ4v) is 3.14. The monoisotopic (exact) mass is 261 g/mol. The van der Waals surface area contributed by atoms with E-state index in [1.165, 1.54) is 12.0 Å². The Hall–Kier alpha value is -1.38. The zero-order valence-electron chi connectivity index (χ0n) is 11.6. The van der Waals surface area contributed by atoms with Gasteiger partial charge in [-0.05, 0) is 62.1 Å². The molecule has 0 amide bonds. The molecule has 0 bridgehead atoms. The number of pyridine rings is 1. The molecule has 1 heterocycles. The Kier molecular flexibility index (Phi) is 4.56. The maximum absolute atomic E-state index is 11.7. The van der Waals surface area contributed by atoms with Crippen molar-refractivity contribution in [1.29, 1.82) is 0 Å². The van der Waals surface area contributed by atoms with Gasteiger partial charge in [-0.1, -0.05) is 13.3 Å². The molecule has 104 valence electrons. The Morgan fingerprint density at radius 1 is 1.37 bits per heavy atom. The summed E-state index contributed by atoms with van der Waals surface area (Å²) in [6.07, 6.45) is 10.1. The summed E-state index contributed by atoms with van der Waals surface area (Å²) in [6.45, 7) is 2.20. The van der Waals surface area contributed by atoms with Crippen molar-refractivity contribution in [2.24, 2.45) is 11.3 Å². The minimum absolute atomic E-state index is 0.491. The van der Waals surface area contributed by atoms with Crippen molar-refractivity contribution >= 4 is 5.97 Å². The topological polar surface area (TPSA) is 50.2 Å². The van der Waals surface area contributed by atoms with Crippen LogP contribution in [-0.4, -0.2) is 16.1 Å². The molecule has 0 atom stereocenters. The van der Waals surface area contributed by atoms with Crippen LogP contribution in [0.4, 0.5) is 0 Å². The third-order valence-corrected chi connectivity index (χ3v) is 4.73. The van der Waals surface area contributed by atoms with Crippen LogP contribution in [0.5, 0.6) is 0 Å². The summed E-state index contributed by atoms with van der Waals surface area (Å²) in [5, 5.41) is 9.61. The first-order valence-corrected chi connectivity index (χ1v) is 7.28. The molecule has 3 heteroatoms. The van der Waals surface area contributed by atoms with Crippen LogP contribution in [0.3, 0.4) is 0 Å². The van der Waals surface area contributed by atoms with E-state index in [2.05, 4.69) is 11.9 Å². The van der Waals surface area contributed by atoms with Gasteiger partial charge in [-0.3, -0.25) is 9.78 Å². The molecule has 19 heavy (non-hydrogen) atoms. The van der Waals surface area contributed by atoms with E-state index in [1.54, 1.807) is 12.4 Å². The van der Waals surface area contributed by atoms with Crippen LogP contribution < -0.4 is 0 Å². The van der Waals surface area contributed by atoms with Gasteiger partial charge in [-0.15, -0.1) is 0 Å². The van der Waals surface area contributed by atoms with Crippen LogP contribution in [0.1, 0.15) is 51.0 Å². The molecule has 1 aromatic rings. The number of hydrogen-bond donors (Lipinski definition) is 1. The second-order valence-corrected chi connectivity index (χ2v) is 5.79. The quantitative estimate of drug-likeness (QED) is 0.879. The lowest BCUT2D eigenvalue weighted by atomic mass is 9.67. The zero-order valence-corrected chi connectivity index (χ0v) is 11.6. The average molecular weight is 261 g/mol. The molecule has 3 nitrogen and oxygen atoms in total. The van der Waals surface area contributed by atoms with Crippen LogP contribution in [-0.2, 0) is 11.2 Å². The number of aromatic nitrogens is 1. The van der Waals surface area contributed by atoms with Crippen LogP contribution in [0, 0.1) is 11.3 Å². The van der Waals surface area contributed by atoms with Crippen molar-refractivity contribution in [2.75, 3.05) is 0 Å².